The summed E-state index contributed by atoms with van der Waals surface area (Å²) < 4.78 is 43.6. The number of amides is 1. The van der Waals surface area contributed by atoms with E-state index in [2.05, 4.69) is 5.32 Å². The van der Waals surface area contributed by atoms with Crippen LogP contribution in [0.15, 0.2) is 83.8 Å². The number of hydrogen-bond acceptors (Lipinski definition) is 6. The van der Waals surface area contributed by atoms with Crippen LogP contribution in [-0.2, 0) is 14.8 Å². The number of anilines is 1. The summed E-state index contributed by atoms with van der Waals surface area (Å²) in [4.78, 5) is 12.7. The molecule has 3 rings (SSSR count). The number of nitrogens with zero attached hydrogens (tertiary/aromatic N) is 1. The maximum atomic E-state index is 13.3. The second kappa shape index (κ2) is 11.2. The van der Waals surface area contributed by atoms with Crippen LogP contribution in [0.3, 0.4) is 0 Å². The Morgan fingerprint density at radius 2 is 1.52 bits per heavy atom. The summed E-state index contributed by atoms with van der Waals surface area (Å²) in [6.07, 6.45) is 0. The number of hydrogen-bond donors (Lipinski definition) is 1. The second-order valence-corrected chi connectivity index (χ2v) is 8.76. The van der Waals surface area contributed by atoms with E-state index in [1.807, 2.05) is 0 Å². The summed E-state index contributed by atoms with van der Waals surface area (Å²) in [6.45, 7) is 0.0499. The second-order valence-electron chi connectivity index (χ2n) is 6.90. The van der Waals surface area contributed by atoms with Crippen LogP contribution in [0.4, 0.5) is 5.69 Å². The van der Waals surface area contributed by atoms with Crippen molar-refractivity contribution in [3.63, 3.8) is 0 Å². The quantitative estimate of drug-likeness (QED) is 0.433. The van der Waals surface area contributed by atoms with E-state index < -0.39 is 15.9 Å². The van der Waals surface area contributed by atoms with Gasteiger partial charge in [0.2, 0.25) is 5.91 Å². The first-order chi connectivity index (χ1) is 15.9. The molecule has 33 heavy (non-hydrogen) atoms. The van der Waals surface area contributed by atoms with Gasteiger partial charge in [-0.1, -0.05) is 24.3 Å². The molecule has 0 bridgehead atoms. The van der Waals surface area contributed by atoms with Crippen molar-refractivity contribution >= 4 is 21.6 Å². The predicted molar refractivity (Wildman–Crippen MR) is 125 cm³/mol. The molecule has 1 N–H and O–H groups in total. The van der Waals surface area contributed by atoms with Gasteiger partial charge in [0.1, 0.15) is 30.4 Å². The molecule has 0 aliphatic heterocycles. The molecule has 0 fully saturated rings. The normalized spacial score (nSPS) is 10.8. The number of sulfonamides is 1. The van der Waals surface area contributed by atoms with Gasteiger partial charge in [-0.3, -0.25) is 9.10 Å². The smallest absolute Gasteiger partial charge is 0.264 e. The lowest BCUT2D eigenvalue weighted by Crippen LogP contribution is -2.41. The van der Waals surface area contributed by atoms with Crippen molar-refractivity contribution in [2.24, 2.45) is 0 Å². The highest BCUT2D eigenvalue weighted by atomic mass is 32.2. The zero-order valence-corrected chi connectivity index (χ0v) is 19.2. The van der Waals surface area contributed by atoms with E-state index in [9.17, 15) is 13.2 Å². The third kappa shape index (κ3) is 6.39. The van der Waals surface area contributed by atoms with Gasteiger partial charge in [0.15, 0.2) is 0 Å². The fourth-order valence-electron chi connectivity index (χ4n) is 3.02. The Labute approximate surface area is 193 Å². The Hall–Kier alpha value is -3.72. The molecule has 3 aromatic carbocycles. The Morgan fingerprint density at radius 3 is 2.18 bits per heavy atom. The Bertz CT molecular complexity index is 1150. The van der Waals surface area contributed by atoms with Crippen molar-refractivity contribution < 1.29 is 27.4 Å². The van der Waals surface area contributed by atoms with Gasteiger partial charge in [0, 0.05) is 6.07 Å². The Balaban J connectivity index is 1.66. The van der Waals surface area contributed by atoms with Crippen molar-refractivity contribution in [1.29, 1.82) is 0 Å². The molecule has 174 valence electrons. The van der Waals surface area contributed by atoms with Gasteiger partial charge in [-0.25, -0.2) is 8.42 Å². The molecular weight excluding hydrogens is 444 g/mol. The number of nitrogens with one attached hydrogen (secondary N) is 1. The van der Waals surface area contributed by atoms with Gasteiger partial charge in [0.05, 0.1) is 31.3 Å². The molecule has 0 atom stereocenters. The molecule has 9 heteroatoms. The molecule has 0 heterocycles. The van der Waals surface area contributed by atoms with Gasteiger partial charge < -0.3 is 19.5 Å². The molecule has 8 nitrogen and oxygen atoms in total. The fraction of sp³-hybridized carbons (Fsp3) is 0.208. The lowest BCUT2D eigenvalue weighted by Gasteiger charge is -2.24. The van der Waals surface area contributed by atoms with Gasteiger partial charge in [-0.05, 0) is 48.5 Å². The summed E-state index contributed by atoms with van der Waals surface area (Å²) in [6, 6.07) is 21.6. The average Bonchev–Trinajstić information content (AvgIpc) is 2.85. The van der Waals surface area contributed by atoms with Crippen molar-refractivity contribution in [3.8, 4) is 17.2 Å². The summed E-state index contributed by atoms with van der Waals surface area (Å²) in [7, 11) is -0.914. The predicted octanol–water partition coefficient (Wildman–Crippen LogP) is 3.09. The van der Waals surface area contributed by atoms with Crippen LogP contribution < -0.4 is 23.8 Å². The average molecular weight is 471 g/mol. The fourth-order valence-corrected chi connectivity index (χ4v) is 4.44. The summed E-state index contributed by atoms with van der Waals surface area (Å²) in [5, 5.41) is 2.70. The third-order valence-corrected chi connectivity index (χ3v) is 6.50. The van der Waals surface area contributed by atoms with E-state index in [-0.39, 0.29) is 24.6 Å². The Morgan fingerprint density at radius 1 is 0.848 bits per heavy atom. The molecule has 0 saturated carbocycles. The van der Waals surface area contributed by atoms with Crippen LogP contribution in [0, 0.1) is 0 Å². The van der Waals surface area contributed by atoms with Crippen molar-refractivity contribution in [1.82, 2.24) is 5.32 Å². The van der Waals surface area contributed by atoms with Crippen LogP contribution in [0.2, 0.25) is 0 Å². The van der Waals surface area contributed by atoms with Crippen LogP contribution in [0.5, 0.6) is 17.2 Å². The number of ether oxygens (including phenoxy) is 3. The van der Waals surface area contributed by atoms with E-state index in [0.29, 0.717) is 22.9 Å². The monoisotopic (exact) mass is 470 g/mol. The zero-order chi connectivity index (χ0) is 23.7. The van der Waals surface area contributed by atoms with Crippen LogP contribution in [0.25, 0.3) is 0 Å². The molecule has 0 radical (unpaired) electrons. The number of carbonyl (C=O) groups is 1. The third-order valence-electron chi connectivity index (χ3n) is 4.71. The summed E-state index contributed by atoms with van der Waals surface area (Å²) in [5.41, 5.74) is 0.385. The molecule has 3 aromatic rings. The first kappa shape index (κ1) is 23.9. The largest absolute Gasteiger partial charge is 0.497 e. The molecule has 0 aliphatic carbocycles. The highest BCUT2D eigenvalue weighted by Gasteiger charge is 2.27. The lowest BCUT2D eigenvalue weighted by atomic mass is 10.3. The first-order valence-corrected chi connectivity index (χ1v) is 11.6. The van der Waals surface area contributed by atoms with E-state index in [4.69, 9.17) is 14.2 Å². The molecular formula is C24H26N2O6S. The molecule has 1 amide bonds. The lowest BCUT2D eigenvalue weighted by molar-refractivity contribution is -0.119. The van der Waals surface area contributed by atoms with Crippen molar-refractivity contribution in [2.45, 2.75) is 4.90 Å². The number of rotatable bonds is 11. The minimum absolute atomic E-state index is 0.0568. The minimum atomic E-state index is -3.98. The number of carbonyl (C=O) groups excluding carboxylic acids is 1. The number of methoxy groups -OCH3 is 2. The van der Waals surface area contributed by atoms with Gasteiger partial charge >= 0.3 is 0 Å². The van der Waals surface area contributed by atoms with Crippen molar-refractivity contribution in [2.75, 3.05) is 38.2 Å². The molecule has 0 spiro atoms. The summed E-state index contributed by atoms with van der Waals surface area (Å²) >= 11 is 0. The van der Waals surface area contributed by atoms with E-state index in [1.165, 1.54) is 19.2 Å². The van der Waals surface area contributed by atoms with Crippen LogP contribution in [-0.4, -0.2) is 48.2 Å². The number of benzene rings is 3. The highest BCUT2D eigenvalue weighted by Crippen LogP contribution is 2.25. The first-order valence-electron chi connectivity index (χ1n) is 10.2. The van der Waals surface area contributed by atoms with E-state index in [0.717, 1.165) is 4.31 Å². The van der Waals surface area contributed by atoms with Gasteiger partial charge in [0.25, 0.3) is 10.0 Å². The summed E-state index contributed by atoms with van der Waals surface area (Å²) in [5.74, 6) is 1.36. The van der Waals surface area contributed by atoms with E-state index >= 15 is 0 Å². The van der Waals surface area contributed by atoms with Gasteiger partial charge in [-0.2, -0.15) is 0 Å². The van der Waals surface area contributed by atoms with E-state index in [1.54, 1.807) is 73.8 Å². The number of para-hydroxylation sites is 1. The molecule has 0 aliphatic rings. The molecule has 0 unspecified atom stereocenters. The van der Waals surface area contributed by atoms with Crippen LogP contribution in [0.1, 0.15) is 0 Å². The SMILES string of the molecule is COc1ccc(S(=O)(=O)N(CC(=O)NCCOc2cccc(OC)c2)c2ccccc2)cc1. The zero-order valence-electron chi connectivity index (χ0n) is 18.4. The topological polar surface area (TPSA) is 94.2 Å². The van der Waals surface area contributed by atoms with Gasteiger partial charge in [-0.15, -0.1) is 0 Å². The maximum Gasteiger partial charge on any atom is 0.264 e. The minimum Gasteiger partial charge on any atom is -0.497 e. The standard InChI is InChI=1S/C24H26N2O6S/c1-30-20-11-13-23(14-12-20)33(28,29)26(19-7-4-3-5-8-19)18-24(27)25-15-16-32-22-10-6-9-21(17-22)31-2/h3-14,17H,15-16,18H2,1-2H3,(H,25,27). The van der Waals surface area contributed by atoms with Crippen LogP contribution >= 0.6 is 0 Å². The molecule has 0 aromatic heterocycles. The molecule has 0 saturated heterocycles. The Kier molecular flexibility index (Phi) is 8.15. The maximum absolute atomic E-state index is 13.3. The highest BCUT2D eigenvalue weighted by molar-refractivity contribution is 7.92. The van der Waals surface area contributed by atoms with Crippen molar-refractivity contribution in [3.05, 3.63) is 78.9 Å².